The van der Waals surface area contributed by atoms with Crippen LogP contribution >= 0.6 is 12.4 Å². The van der Waals surface area contributed by atoms with Crippen LogP contribution in [0.1, 0.15) is 6.42 Å². The van der Waals surface area contributed by atoms with Crippen molar-refractivity contribution >= 4 is 29.3 Å². The van der Waals surface area contributed by atoms with E-state index >= 15 is 0 Å². The van der Waals surface area contributed by atoms with Crippen molar-refractivity contribution in [3.05, 3.63) is 30.5 Å². The lowest BCUT2D eigenvalue weighted by Crippen LogP contribution is -2.21. The fourth-order valence-corrected chi connectivity index (χ4v) is 2.29. The van der Waals surface area contributed by atoms with Crippen LogP contribution in [0, 0.1) is 5.92 Å². The number of benzene rings is 1. The van der Waals surface area contributed by atoms with E-state index in [0.29, 0.717) is 5.92 Å². The molecule has 1 aromatic heterocycles. The molecule has 1 N–H and O–H groups in total. The highest BCUT2D eigenvalue weighted by molar-refractivity contribution is 5.85. The van der Waals surface area contributed by atoms with Crippen molar-refractivity contribution in [3.8, 4) is 0 Å². The first-order chi connectivity index (χ1) is 8.36. The van der Waals surface area contributed by atoms with Crippen molar-refractivity contribution in [3.63, 3.8) is 0 Å². The zero-order valence-electron chi connectivity index (χ0n) is 9.99. The third kappa shape index (κ3) is 2.40. The highest BCUT2D eigenvalue weighted by atomic mass is 35.5. The maximum absolute atomic E-state index is 9.14. The molecule has 1 atom stereocenters. The largest absolute Gasteiger partial charge is 0.396 e. The summed E-state index contributed by atoms with van der Waals surface area (Å²) in [6.45, 7) is 2.10. The number of aliphatic hydroxyl groups excluding tert-OH is 1. The second-order valence-electron chi connectivity index (χ2n) is 4.50. The number of anilines is 1. The maximum atomic E-state index is 9.14. The number of hydrogen-bond donors (Lipinski definition) is 1. The summed E-state index contributed by atoms with van der Waals surface area (Å²) in [5.41, 5.74) is 1.85. The summed E-state index contributed by atoms with van der Waals surface area (Å²) in [5.74, 6) is 1.29. The average molecular weight is 266 g/mol. The summed E-state index contributed by atoms with van der Waals surface area (Å²) in [5, 5.41) is 9.14. The normalized spacial score (nSPS) is 18.9. The lowest BCUT2D eigenvalue weighted by Gasteiger charge is -2.16. The van der Waals surface area contributed by atoms with Crippen molar-refractivity contribution in [1.29, 1.82) is 0 Å². The van der Waals surface area contributed by atoms with Crippen LogP contribution in [0.25, 0.3) is 11.0 Å². The van der Waals surface area contributed by atoms with Crippen molar-refractivity contribution in [2.24, 2.45) is 5.92 Å². The van der Waals surface area contributed by atoms with E-state index in [1.165, 1.54) is 0 Å². The summed E-state index contributed by atoms with van der Waals surface area (Å²) in [6, 6.07) is 7.88. The van der Waals surface area contributed by atoms with Crippen molar-refractivity contribution in [2.45, 2.75) is 6.42 Å². The Hall–Kier alpha value is -1.39. The molecule has 18 heavy (non-hydrogen) atoms. The van der Waals surface area contributed by atoms with Gasteiger partial charge in [-0.3, -0.25) is 4.98 Å². The first-order valence-electron chi connectivity index (χ1n) is 5.94. The van der Waals surface area contributed by atoms with Crippen LogP contribution in [-0.4, -0.2) is 34.8 Å². The van der Waals surface area contributed by atoms with E-state index in [2.05, 4.69) is 14.9 Å². The molecule has 1 aromatic carbocycles. The summed E-state index contributed by atoms with van der Waals surface area (Å²) >= 11 is 0. The number of aliphatic hydroxyl groups is 1. The van der Waals surface area contributed by atoms with Gasteiger partial charge in [-0.25, -0.2) is 4.98 Å². The minimum absolute atomic E-state index is 0. The third-order valence-corrected chi connectivity index (χ3v) is 3.30. The van der Waals surface area contributed by atoms with E-state index < -0.39 is 0 Å². The smallest absolute Gasteiger partial charge is 0.147 e. The molecule has 96 valence electrons. The van der Waals surface area contributed by atoms with E-state index in [0.717, 1.165) is 36.4 Å². The second kappa shape index (κ2) is 5.50. The van der Waals surface area contributed by atoms with Gasteiger partial charge in [0.15, 0.2) is 0 Å². The molecule has 1 aliphatic heterocycles. The minimum Gasteiger partial charge on any atom is -0.396 e. The Morgan fingerprint density at radius 3 is 2.78 bits per heavy atom. The number of hydrogen-bond acceptors (Lipinski definition) is 4. The molecule has 1 saturated heterocycles. The Kier molecular flexibility index (Phi) is 3.99. The van der Waals surface area contributed by atoms with E-state index in [9.17, 15) is 0 Å². The summed E-state index contributed by atoms with van der Waals surface area (Å²) < 4.78 is 0. The molecular weight excluding hydrogens is 250 g/mol. The monoisotopic (exact) mass is 265 g/mol. The van der Waals surface area contributed by atoms with Crippen LogP contribution in [-0.2, 0) is 0 Å². The van der Waals surface area contributed by atoms with Gasteiger partial charge in [0, 0.05) is 25.6 Å². The summed E-state index contributed by atoms with van der Waals surface area (Å²) in [7, 11) is 0. The lowest BCUT2D eigenvalue weighted by molar-refractivity contribution is 0.238. The quantitative estimate of drug-likeness (QED) is 0.901. The minimum atomic E-state index is 0. The number of rotatable bonds is 2. The zero-order valence-corrected chi connectivity index (χ0v) is 10.8. The van der Waals surface area contributed by atoms with Gasteiger partial charge in [0.1, 0.15) is 5.82 Å². The van der Waals surface area contributed by atoms with Crippen molar-refractivity contribution < 1.29 is 5.11 Å². The molecule has 2 heterocycles. The van der Waals surface area contributed by atoms with E-state index in [1.54, 1.807) is 0 Å². The second-order valence-corrected chi connectivity index (χ2v) is 4.50. The standard InChI is InChI=1S/C13H15N3O.ClH/c17-9-10-5-6-16(8-10)13-7-14-11-3-1-2-4-12(11)15-13;/h1-4,7,10,17H,5-6,8-9H2;1H. The fourth-order valence-electron chi connectivity index (χ4n) is 2.29. The topological polar surface area (TPSA) is 49.2 Å². The van der Waals surface area contributed by atoms with E-state index in [1.807, 2.05) is 30.5 Å². The summed E-state index contributed by atoms with van der Waals surface area (Å²) in [6.07, 6.45) is 2.85. The van der Waals surface area contributed by atoms with Crippen LogP contribution in [0.3, 0.4) is 0 Å². The summed E-state index contributed by atoms with van der Waals surface area (Å²) in [4.78, 5) is 11.2. The van der Waals surface area contributed by atoms with Gasteiger partial charge in [-0.15, -0.1) is 12.4 Å². The Balaban J connectivity index is 0.00000120. The molecule has 0 bridgehead atoms. The van der Waals surface area contributed by atoms with Gasteiger partial charge in [-0.2, -0.15) is 0 Å². The molecule has 0 radical (unpaired) electrons. The Labute approximate surface area is 112 Å². The molecule has 4 nitrogen and oxygen atoms in total. The number of nitrogens with zero attached hydrogens (tertiary/aromatic N) is 3. The first-order valence-corrected chi connectivity index (χ1v) is 5.94. The third-order valence-electron chi connectivity index (χ3n) is 3.30. The van der Waals surface area contributed by atoms with E-state index in [-0.39, 0.29) is 19.0 Å². The number of aromatic nitrogens is 2. The highest BCUT2D eigenvalue weighted by Gasteiger charge is 2.22. The van der Waals surface area contributed by atoms with Gasteiger partial charge in [-0.05, 0) is 18.6 Å². The zero-order chi connectivity index (χ0) is 11.7. The average Bonchev–Trinajstić information content (AvgIpc) is 2.87. The van der Waals surface area contributed by atoms with Crippen molar-refractivity contribution in [1.82, 2.24) is 9.97 Å². The SMILES string of the molecule is Cl.OCC1CCN(c2cnc3ccccc3n2)C1. The van der Waals surface area contributed by atoms with E-state index in [4.69, 9.17) is 5.11 Å². The maximum Gasteiger partial charge on any atom is 0.147 e. The molecule has 0 saturated carbocycles. The highest BCUT2D eigenvalue weighted by Crippen LogP contribution is 2.22. The molecule has 2 aromatic rings. The predicted octanol–water partition coefficient (Wildman–Crippen LogP) is 1.87. The molecule has 3 rings (SSSR count). The Bertz CT molecular complexity index is 534. The van der Waals surface area contributed by atoms with Crippen molar-refractivity contribution in [2.75, 3.05) is 24.6 Å². The molecule has 0 amide bonds. The first kappa shape index (κ1) is 13.1. The molecule has 1 fully saturated rings. The van der Waals surface area contributed by atoms with Gasteiger partial charge in [-0.1, -0.05) is 12.1 Å². The van der Waals surface area contributed by atoms with Gasteiger partial charge < -0.3 is 10.0 Å². The van der Waals surface area contributed by atoms with Crippen LogP contribution in [0.5, 0.6) is 0 Å². The molecule has 5 heteroatoms. The molecular formula is C13H16ClN3O. The van der Waals surface area contributed by atoms with Gasteiger partial charge in [0.25, 0.3) is 0 Å². The van der Waals surface area contributed by atoms with Crippen LogP contribution < -0.4 is 4.90 Å². The Morgan fingerprint density at radius 2 is 2.06 bits per heavy atom. The fraction of sp³-hybridized carbons (Fsp3) is 0.385. The number of para-hydroxylation sites is 2. The number of halogens is 1. The van der Waals surface area contributed by atoms with Gasteiger partial charge in [0.2, 0.25) is 0 Å². The Morgan fingerprint density at radius 1 is 1.28 bits per heavy atom. The molecule has 1 unspecified atom stereocenters. The molecule has 0 aliphatic carbocycles. The molecule has 1 aliphatic rings. The van der Waals surface area contributed by atoms with Crippen LogP contribution in [0.2, 0.25) is 0 Å². The predicted molar refractivity (Wildman–Crippen MR) is 74.2 cm³/mol. The molecule has 0 spiro atoms. The number of fused-ring (bicyclic) bond motifs is 1. The van der Waals surface area contributed by atoms with Crippen LogP contribution in [0.15, 0.2) is 30.5 Å². The van der Waals surface area contributed by atoms with Gasteiger partial charge in [0.05, 0.1) is 17.2 Å². The van der Waals surface area contributed by atoms with Crippen LogP contribution in [0.4, 0.5) is 5.82 Å². The lowest BCUT2D eigenvalue weighted by atomic mass is 10.1. The van der Waals surface area contributed by atoms with Gasteiger partial charge >= 0.3 is 0 Å².